The molecule has 7 nitrogen and oxygen atoms in total. The van der Waals surface area contributed by atoms with Crippen molar-refractivity contribution in [2.24, 2.45) is 12.0 Å². The maximum Gasteiger partial charge on any atom is 0.416 e. The Morgan fingerprint density at radius 3 is 2.43 bits per heavy atom. The second-order valence-electron chi connectivity index (χ2n) is 10.6. The standard InChI is InChI=1S/C25H34F3N3O4/c1-23(2,3)20-13-21(31(30(20)6)14-17-8-7-11-34-17)29-22(32)18-12-16(25(26,27)28)9-10-19(18)35-15-24(4,5)33/h9-10,12-13,17,33H,7-8,11,14-15H2,1-6H3/b29-21+/t17-/m1/s1. The molecule has 0 radical (unpaired) electrons. The second kappa shape index (κ2) is 9.81. The lowest BCUT2D eigenvalue weighted by molar-refractivity contribution is -0.137. The number of halogens is 3. The molecule has 3 rings (SSSR count). The lowest BCUT2D eigenvalue weighted by Crippen LogP contribution is -2.30. The third kappa shape index (κ3) is 6.76. The molecule has 2 heterocycles. The van der Waals surface area contributed by atoms with Crippen molar-refractivity contribution < 1.29 is 32.5 Å². The molecular formula is C25H34F3N3O4. The first-order chi connectivity index (χ1) is 16.1. The molecule has 1 aliphatic rings. The van der Waals surface area contributed by atoms with Crippen molar-refractivity contribution in [2.45, 2.75) is 77.3 Å². The maximum atomic E-state index is 13.4. The Kier molecular flexibility index (Phi) is 7.57. The van der Waals surface area contributed by atoms with Crippen LogP contribution in [0.15, 0.2) is 29.3 Å². The van der Waals surface area contributed by atoms with Gasteiger partial charge >= 0.3 is 6.18 Å². The van der Waals surface area contributed by atoms with Gasteiger partial charge in [-0.3, -0.25) is 14.2 Å². The molecule has 1 fully saturated rings. The van der Waals surface area contributed by atoms with Gasteiger partial charge in [-0.1, -0.05) is 20.8 Å². The number of alkyl halides is 3. The maximum absolute atomic E-state index is 13.4. The molecule has 0 spiro atoms. The lowest BCUT2D eigenvalue weighted by atomic mass is 9.92. The molecule has 1 aromatic carbocycles. The fraction of sp³-hybridized carbons (Fsp3) is 0.600. The monoisotopic (exact) mass is 497 g/mol. The van der Waals surface area contributed by atoms with Gasteiger partial charge < -0.3 is 14.6 Å². The number of aromatic nitrogens is 2. The van der Waals surface area contributed by atoms with E-state index in [1.807, 2.05) is 37.2 Å². The Labute approximate surface area is 203 Å². The average molecular weight is 498 g/mol. The van der Waals surface area contributed by atoms with E-state index in [0.717, 1.165) is 36.7 Å². The highest BCUT2D eigenvalue weighted by molar-refractivity contribution is 5.97. The number of hydrogen-bond donors (Lipinski definition) is 1. The molecular weight excluding hydrogens is 463 g/mol. The van der Waals surface area contributed by atoms with Crippen LogP contribution < -0.4 is 10.2 Å². The number of carbonyl (C=O) groups is 1. The molecule has 1 N–H and O–H groups in total. The Morgan fingerprint density at radius 1 is 1.20 bits per heavy atom. The minimum atomic E-state index is -4.64. The van der Waals surface area contributed by atoms with Crippen LogP contribution in [0, 0.1) is 0 Å². The number of carbonyl (C=O) groups excluding carboxylic acids is 1. The topological polar surface area (TPSA) is 78.0 Å². The van der Waals surface area contributed by atoms with Gasteiger partial charge in [0.25, 0.3) is 5.91 Å². The SMILES string of the molecule is Cn1c(C(C)(C)C)c/c(=N\C(=O)c2cc(C(F)(F)F)ccc2OCC(C)(C)O)n1C[C@H]1CCCO1. The first kappa shape index (κ1) is 27.0. The molecule has 0 unspecified atom stereocenters. The number of hydrogen-bond acceptors (Lipinski definition) is 4. The van der Waals surface area contributed by atoms with Crippen LogP contribution in [0.5, 0.6) is 5.75 Å². The Morgan fingerprint density at radius 2 is 1.89 bits per heavy atom. The van der Waals surface area contributed by atoms with Gasteiger partial charge in [0.2, 0.25) is 0 Å². The van der Waals surface area contributed by atoms with Crippen LogP contribution in [0.4, 0.5) is 13.2 Å². The van der Waals surface area contributed by atoms with Gasteiger partial charge in [0, 0.05) is 30.8 Å². The fourth-order valence-electron chi connectivity index (χ4n) is 3.98. The third-order valence-corrected chi connectivity index (χ3v) is 5.74. The van der Waals surface area contributed by atoms with Crippen LogP contribution in [-0.2, 0) is 29.9 Å². The van der Waals surface area contributed by atoms with Gasteiger partial charge in [0.15, 0.2) is 5.49 Å². The molecule has 1 atom stereocenters. The summed E-state index contributed by atoms with van der Waals surface area (Å²) in [5.41, 5.74) is -1.59. The fourth-order valence-corrected chi connectivity index (χ4v) is 3.98. The molecule has 1 aromatic heterocycles. The molecule has 0 bridgehead atoms. The van der Waals surface area contributed by atoms with E-state index in [1.165, 1.54) is 13.8 Å². The van der Waals surface area contributed by atoms with Crippen LogP contribution in [0.3, 0.4) is 0 Å². The second-order valence-corrected chi connectivity index (χ2v) is 10.6. The molecule has 0 saturated carbocycles. The van der Waals surface area contributed by atoms with E-state index < -0.39 is 23.2 Å². The molecule has 0 aliphatic carbocycles. The summed E-state index contributed by atoms with van der Waals surface area (Å²) in [6, 6.07) is 4.44. The molecule has 1 amide bonds. The van der Waals surface area contributed by atoms with Gasteiger partial charge in [0.05, 0.1) is 29.4 Å². The van der Waals surface area contributed by atoms with Crippen molar-refractivity contribution in [2.75, 3.05) is 13.2 Å². The highest BCUT2D eigenvalue weighted by Gasteiger charge is 2.32. The number of aliphatic hydroxyl groups is 1. The van der Waals surface area contributed by atoms with Crippen LogP contribution in [0.2, 0.25) is 0 Å². The van der Waals surface area contributed by atoms with E-state index in [0.29, 0.717) is 18.6 Å². The van der Waals surface area contributed by atoms with Gasteiger partial charge in [-0.2, -0.15) is 18.2 Å². The normalized spacial score (nSPS) is 17.8. The highest BCUT2D eigenvalue weighted by atomic mass is 19.4. The largest absolute Gasteiger partial charge is 0.490 e. The summed E-state index contributed by atoms with van der Waals surface area (Å²) in [6.07, 6.45) is -2.86. The summed E-state index contributed by atoms with van der Waals surface area (Å²) in [6.45, 7) is 9.99. The van der Waals surface area contributed by atoms with Crippen LogP contribution >= 0.6 is 0 Å². The van der Waals surface area contributed by atoms with Crippen molar-refractivity contribution >= 4 is 5.91 Å². The molecule has 1 aliphatic heterocycles. The predicted octanol–water partition coefficient (Wildman–Crippen LogP) is 4.21. The molecule has 10 heteroatoms. The summed E-state index contributed by atoms with van der Waals surface area (Å²) < 4.78 is 55.2. The summed E-state index contributed by atoms with van der Waals surface area (Å²) in [7, 11) is 1.86. The summed E-state index contributed by atoms with van der Waals surface area (Å²) in [5, 5.41) is 9.98. The predicted molar refractivity (Wildman–Crippen MR) is 124 cm³/mol. The van der Waals surface area contributed by atoms with Gasteiger partial charge in [0.1, 0.15) is 12.4 Å². The first-order valence-electron chi connectivity index (χ1n) is 11.6. The average Bonchev–Trinajstić information content (AvgIpc) is 3.34. The van der Waals surface area contributed by atoms with Gasteiger partial charge in [-0.25, -0.2) is 0 Å². The van der Waals surface area contributed by atoms with Crippen LogP contribution in [0.25, 0.3) is 0 Å². The molecule has 2 aromatic rings. The van der Waals surface area contributed by atoms with Crippen molar-refractivity contribution in [3.63, 3.8) is 0 Å². The Hall–Kier alpha value is -2.59. The molecule has 194 valence electrons. The van der Waals surface area contributed by atoms with E-state index in [1.54, 1.807) is 6.07 Å². The van der Waals surface area contributed by atoms with E-state index in [9.17, 15) is 23.1 Å². The molecule has 35 heavy (non-hydrogen) atoms. The number of rotatable bonds is 6. The minimum Gasteiger partial charge on any atom is -0.490 e. The summed E-state index contributed by atoms with van der Waals surface area (Å²) in [4.78, 5) is 17.5. The number of ether oxygens (including phenoxy) is 2. The van der Waals surface area contributed by atoms with E-state index >= 15 is 0 Å². The van der Waals surface area contributed by atoms with Crippen molar-refractivity contribution in [3.05, 3.63) is 46.6 Å². The van der Waals surface area contributed by atoms with E-state index in [-0.39, 0.29) is 29.4 Å². The summed E-state index contributed by atoms with van der Waals surface area (Å²) in [5.74, 6) is -0.944. The first-order valence-corrected chi connectivity index (χ1v) is 11.6. The zero-order valence-electron chi connectivity index (χ0n) is 21.1. The lowest BCUT2D eigenvalue weighted by Gasteiger charge is -2.21. The van der Waals surface area contributed by atoms with E-state index in [2.05, 4.69) is 4.99 Å². The molecule has 1 saturated heterocycles. The number of nitrogens with zero attached hydrogens (tertiary/aromatic N) is 3. The van der Waals surface area contributed by atoms with Crippen LogP contribution in [-0.4, -0.2) is 45.3 Å². The zero-order valence-corrected chi connectivity index (χ0v) is 21.1. The van der Waals surface area contributed by atoms with Crippen molar-refractivity contribution in [1.82, 2.24) is 9.36 Å². The smallest absolute Gasteiger partial charge is 0.416 e. The number of benzene rings is 1. The zero-order chi connectivity index (χ0) is 26.2. The third-order valence-electron chi connectivity index (χ3n) is 5.74. The number of amides is 1. The Balaban J connectivity index is 2.10. The van der Waals surface area contributed by atoms with Gasteiger partial charge in [-0.15, -0.1) is 0 Å². The van der Waals surface area contributed by atoms with Crippen molar-refractivity contribution in [3.8, 4) is 5.75 Å². The Bertz CT molecular complexity index is 1130. The van der Waals surface area contributed by atoms with E-state index in [4.69, 9.17) is 9.47 Å². The minimum absolute atomic E-state index is 0.0373. The highest BCUT2D eigenvalue weighted by Crippen LogP contribution is 2.33. The van der Waals surface area contributed by atoms with Gasteiger partial charge in [-0.05, 0) is 44.9 Å². The van der Waals surface area contributed by atoms with Crippen molar-refractivity contribution in [1.29, 1.82) is 0 Å². The quantitative estimate of drug-likeness (QED) is 0.649. The summed E-state index contributed by atoms with van der Waals surface area (Å²) >= 11 is 0. The van der Waals surface area contributed by atoms with Crippen LogP contribution in [0.1, 0.15) is 69.1 Å².